The summed E-state index contributed by atoms with van der Waals surface area (Å²) < 4.78 is 4.85. The zero-order chi connectivity index (χ0) is 14.8. The molecule has 0 radical (unpaired) electrons. The normalized spacial score (nSPS) is 11.5. The maximum Gasteiger partial charge on any atom is 0.380 e. The zero-order valence-electron chi connectivity index (χ0n) is 12.0. The van der Waals surface area contributed by atoms with Crippen LogP contribution in [0.25, 0.3) is 0 Å². The van der Waals surface area contributed by atoms with Crippen molar-refractivity contribution in [3.63, 3.8) is 0 Å². The number of para-hydroxylation sites is 1. The first kappa shape index (κ1) is 15.2. The fourth-order valence-electron chi connectivity index (χ4n) is 1.71. The Labute approximate surface area is 113 Å². The molecule has 0 unspecified atom stereocenters. The Morgan fingerprint density at radius 2 is 1.79 bits per heavy atom. The largest absolute Gasteiger partial charge is 0.507 e. The van der Waals surface area contributed by atoms with Gasteiger partial charge in [-0.2, -0.15) is 0 Å². The van der Waals surface area contributed by atoms with Crippen molar-refractivity contribution in [3.05, 3.63) is 29.3 Å². The highest BCUT2D eigenvalue weighted by molar-refractivity contribution is 6.41. The highest BCUT2D eigenvalue weighted by atomic mass is 16.5. The Hall–Kier alpha value is -1.84. The van der Waals surface area contributed by atoms with Gasteiger partial charge in [-0.05, 0) is 30.9 Å². The first-order valence-corrected chi connectivity index (χ1v) is 6.22. The number of aromatic hydroxyl groups is 1. The third kappa shape index (κ3) is 3.56. The monoisotopic (exact) mass is 264 g/mol. The van der Waals surface area contributed by atoms with Gasteiger partial charge in [0, 0.05) is 0 Å². The highest BCUT2D eigenvalue weighted by Gasteiger charge is 2.26. The lowest BCUT2D eigenvalue weighted by Gasteiger charge is -2.21. The number of esters is 1. The molecule has 0 bridgehead atoms. The fraction of sp³-hybridized carbons (Fsp3) is 0.467. The second kappa shape index (κ2) is 5.43. The topological polar surface area (TPSA) is 63.6 Å². The summed E-state index contributed by atoms with van der Waals surface area (Å²) in [5, 5.41) is 10.1. The van der Waals surface area contributed by atoms with Crippen molar-refractivity contribution in [2.45, 2.75) is 46.1 Å². The van der Waals surface area contributed by atoms with Gasteiger partial charge < -0.3 is 9.84 Å². The Bertz CT molecular complexity index is 495. The summed E-state index contributed by atoms with van der Waals surface area (Å²) in [5.41, 5.74) is 0.288. The van der Waals surface area contributed by atoms with Crippen LogP contribution < -0.4 is 0 Å². The van der Waals surface area contributed by atoms with E-state index in [4.69, 9.17) is 4.74 Å². The number of hydrogen-bond donors (Lipinski definition) is 1. The van der Waals surface area contributed by atoms with Gasteiger partial charge in [0.25, 0.3) is 5.78 Å². The van der Waals surface area contributed by atoms with Crippen LogP contribution in [0.2, 0.25) is 0 Å². The summed E-state index contributed by atoms with van der Waals surface area (Å²) in [6.45, 7) is 9.08. The van der Waals surface area contributed by atoms with Crippen LogP contribution in [0.5, 0.6) is 5.75 Å². The molecule has 0 aliphatic rings. The molecule has 1 rings (SSSR count). The third-order valence-corrected chi connectivity index (χ3v) is 2.62. The SMILES string of the molecule is CC(C)OC(=O)C(=O)c1cccc(C(C)(C)C)c1O. The lowest BCUT2D eigenvalue weighted by atomic mass is 9.85. The number of ether oxygens (including phenoxy) is 1. The molecular weight excluding hydrogens is 244 g/mol. The van der Waals surface area contributed by atoms with Crippen molar-refractivity contribution >= 4 is 11.8 Å². The predicted octanol–water partition coefficient (Wildman–Crippen LogP) is 2.82. The van der Waals surface area contributed by atoms with Crippen molar-refractivity contribution in [2.24, 2.45) is 0 Å². The molecule has 4 nitrogen and oxygen atoms in total. The van der Waals surface area contributed by atoms with Crippen molar-refractivity contribution in [3.8, 4) is 5.75 Å². The molecule has 0 fully saturated rings. The van der Waals surface area contributed by atoms with Crippen LogP contribution in [0, 0.1) is 0 Å². The van der Waals surface area contributed by atoms with Crippen molar-refractivity contribution < 1.29 is 19.4 Å². The standard InChI is InChI=1S/C15H20O4/c1-9(2)19-14(18)13(17)10-7-6-8-11(12(10)16)15(3,4)5/h6-9,16H,1-5H3. The zero-order valence-corrected chi connectivity index (χ0v) is 12.0. The average Bonchev–Trinajstić information content (AvgIpc) is 2.25. The maximum absolute atomic E-state index is 11.9. The van der Waals surface area contributed by atoms with Gasteiger partial charge in [-0.25, -0.2) is 4.79 Å². The molecule has 0 saturated heterocycles. The Morgan fingerprint density at radius 1 is 1.21 bits per heavy atom. The van der Waals surface area contributed by atoms with Crippen LogP contribution in [-0.2, 0) is 14.9 Å². The van der Waals surface area contributed by atoms with E-state index in [2.05, 4.69) is 0 Å². The average molecular weight is 264 g/mol. The van der Waals surface area contributed by atoms with Crippen LogP contribution in [0.1, 0.15) is 50.5 Å². The Kier molecular flexibility index (Phi) is 4.35. The molecule has 0 atom stereocenters. The van der Waals surface area contributed by atoms with E-state index in [0.29, 0.717) is 5.56 Å². The number of phenols is 1. The fourth-order valence-corrected chi connectivity index (χ4v) is 1.71. The first-order chi connectivity index (χ1) is 8.64. The Morgan fingerprint density at radius 3 is 2.26 bits per heavy atom. The quantitative estimate of drug-likeness (QED) is 0.518. The van der Waals surface area contributed by atoms with E-state index in [0.717, 1.165) is 0 Å². The number of rotatable bonds is 3. The molecule has 4 heteroatoms. The minimum atomic E-state index is -0.948. The molecule has 0 spiro atoms. The minimum absolute atomic E-state index is 0.0157. The summed E-state index contributed by atoms with van der Waals surface area (Å²) in [6.07, 6.45) is -0.371. The van der Waals surface area contributed by atoms with E-state index < -0.39 is 11.8 Å². The van der Waals surface area contributed by atoms with Crippen LogP contribution in [0.15, 0.2) is 18.2 Å². The van der Waals surface area contributed by atoms with Gasteiger partial charge in [0.2, 0.25) is 0 Å². The molecule has 1 aromatic rings. The van der Waals surface area contributed by atoms with E-state index in [-0.39, 0.29) is 22.8 Å². The molecule has 104 valence electrons. The van der Waals surface area contributed by atoms with Gasteiger partial charge in [-0.1, -0.05) is 32.9 Å². The molecule has 0 amide bonds. The number of ketones is 1. The van der Waals surface area contributed by atoms with Gasteiger partial charge >= 0.3 is 5.97 Å². The molecule has 0 aromatic heterocycles. The molecule has 1 aromatic carbocycles. The number of benzene rings is 1. The second-order valence-electron chi connectivity index (χ2n) is 5.73. The van der Waals surface area contributed by atoms with Crippen molar-refractivity contribution in [2.75, 3.05) is 0 Å². The minimum Gasteiger partial charge on any atom is -0.507 e. The molecule has 0 aliphatic carbocycles. The van der Waals surface area contributed by atoms with Gasteiger partial charge in [0.05, 0.1) is 11.7 Å². The summed E-state index contributed by atoms with van der Waals surface area (Å²) in [4.78, 5) is 23.5. The number of carbonyl (C=O) groups is 2. The van der Waals surface area contributed by atoms with Crippen LogP contribution in [-0.4, -0.2) is 23.0 Å². The molecular formula is C15H20O4. The molecule has 1 N–H and O–H groups in total. The van der Waals surface area contributed by atoms with Gasteiger partial charge in [-0.3, -0.25) is 4.79 Å². The summed E-state index contributed by atoms with van der Waals surface area (Å²) in [5.74, 6) is -1.92. The number of hydrogen-bond acceptors (Lipinski definition) is 4. The summed E-state index contributed by atoms with van der Waals surface area (Å²) in [6, 6.07) is 4.81. The predicted molar refractivity (Wildman–Crippen MR) is 72.4 cm³/mol. The third-order valence-electron chi connectivity index (χ3n) is 2.62. The second-order valence-corrected chi connectivity index (χ2v) is 5.73. The van der Waals surface area contributed by atoms with E-state index in [1.807, 2.05) is 20.8 Å². The summed E-state index contributed by atoms with van der Waals surface area (Å²) >= 11 is 0. The molecule has 19 heavy (non-hydrogen) atoms. The first-order valence-electron chi connectivity index (χ1n) is 6.22. The molecule has 0 heterocycles. The smallest absolute Gasteiger partial charge is 0.380 e. The van der Waals surface area contributed by atoms with E-state index in [1.165, 1.54) is 6.07 Å². The number of carbonyl (C=O) groups excluding carboxylic acids is 2. The van der Waals surface area contributed by atoms with Crippen molar-refractivity contribution in [1.82, 2.24) is 0 Å². The maximum atomic E-state index is 11.9. The van der Waals surface area contributed by atoms with Crippen LogP contribution in [0.4, 0.5) is 0 Å². The Balaban J connectivity index is 3.16. The lowest BCUT2D eigenvalue weighted by molar-refractivity contribution is -0.141. The van der Waals surface area contributed by atoms with Crippen LogP contribution >= 0.6 is 0 Å². The number of Topliss-reactive ketones (excluding diaryl/α,β-unsaturated/α-hetero) is 1. The van der Waals surface area contributed by atoms with Gasteiger partial charge in [-0.15, -0.1) is 0 Å². The van der Waals surface area contributed by atoms with E-state index in [1.54, 1.807) is 26.0 Å². The van der Waals surface area contributed by atoms with Crippen molar-refractivity contribution in [1.29, 1.82) is 0 Å². The van der Waals surface area contributed by atoms with Gasteiger partial charge in [0.15, 0.2) is 0 Å². The summed E-state index contributed by atoms with van der Waals surface area (Å²) in [7, 11) is 0. The lowest BCUT2D eigenvalue weighted by Crippen LogP contribution is -2.22. The molecule has 0 aliphatic heterocycles. The molecule has 0 saturated carbocycles. The van der Waals surface area contributed by atoms with Crippen LogP contribution in [0.3, 0.4) is 0 Å². The van der Waals surface area contributed by atoms with Gasteiger partial charge in [0.1, 0.15) is 5.75 Å². The van der Waals surface area contributed by atoms with E-state index in [9.17, 15) is 14.7 Å². The highest BCUT2D eigenvalue weighted by Crippen LogP contribution is 2.33. The number of phenolic OH excluding ortho intramolecular Hbond substituents is 1. The van der Waals surface area contributed by atoms with E-state index >= 15 is 0 Å².